The van der Waals surface area contributed by atoms with Crippen LogP contribution in [0.25, 0.3) is 10.8 Å². The molecule has 1 aliphatic heterocycles. The lowest BCUT2D eigenvalue weighted by Gasteiger charge is -2.37. The van der Waals surface area contributed by atoms with Crippen LogP contribution in [0.2, 0.25) is 0 Å². The molecule has 0 aromatic heterocycles. The smallest absolute Gasteiger partial charge is 0.241 e. The molecule has 31 heavy (non-hydrogen) atoms. The number of nitrogens with one attached hydrogen (secondary N) is 2. The van der Waals surface area contributed by atoms with Crippen LogP contribution in [0.4, 0.5) is 0 Å². The summed E-state index contributed by atoms with van der Waals surface area (Å²) in [4.78, 5) is 15.2. The van der Waals surface area contributed by atoms with Crippen LogP contribution in [0.3, 0.4) is 0 Å². The molecule has 6 nitrogen and oxygen atoms in total. The van der Waals surface area contributed by atoms with Gasteiger partial charge in [0.25, 0.3) is 0 Å². The van der Waals surface area contributed by atoms with Crippen LogP contribution in [-0.4, -0.2) is 45.4 Å². The van der Waals surface area contributed by atoms with Crippen molar-refractivity contribution in [2.45, 2.75) is 23.9 Å². The Labute approximate surface area is 182 Å². The largest absolute Gasteiger partial charge is 0.332 e. The summed E-state index contributed by atoms with van der Waals surface area (Å²) < 4.78 is 29.5. The van der Waals surface area contributed by atoms with Gasteiger partial charge < -0.3 is 9.80 Å². The van der Waals surface area contributed by atoms with Crippen molar-refractivity contribution in [1.82, 2.24) is 9.62 Å². The maximum atomic E-state index is 13.3. The summed E-state index contributed by atoms with van der Waals surface area (Å²) in [5.41, 5.74) is 2.21. The molecule has 1 fully saturated rings. The Morgan fingerprint density at radius 2 is 1.58 bits per heavy atom. The zero-order valence-corrected chi connectivity index (χ0v) is 18.2. The van der Waals surface area contributed by atoms with Crippen molar-refractivity contribution in [3.05, 3.63) is 77.9 Å². The van der Waals surface area contributed by atoms with Gasteiger partial charge in [-0.05, 0) is 28.5 Å². The Morgan fingerprint density at radius 3 is 2.23 bits per heavy atom. The van der Waals surface area contributed by atoms with Gasteiger partial charge in [0.15, 0.2) is 0 Å². The van der Waals surface area contributed by atoms with Crippen LogP contribution in [0.5, 0.6) is 0 Å². The van der Waals surface area contributed by atoms with Crippen LogP contribution in [0, 0.1) is 0 Å². The number of nitrogens with zero attached hydrogens (tertiary/aromatic N) is 1. The van der Waals surface area contributed by atoms with Gasteiger partial charge in [-0.15, -0.1) is 0 Å². The van der Waals surface area contributed by atoms with Crippen LogP contribution < -0.4 is 9.62 Å². The normalized spacial score (nSPS) is 21.5. The van der Waals surface area contributed by atoms with Crippen molar-refractivity contribution in [2.24, 2.45) is 0 Å². The van der Waals surface area contributed by atoms with Crippen LogP contribution in [0.15, 0.2) is 71.6 Å². The molecule has 160 valence electrons. The molecule has 5 rings (SSSR count). The van der Waals surface area contributed by atoms with E-state index >= 15 is 0 Å². The number of piperazine rings is 1. The van der Waals surface area contributed by atoms with Gasteiger partial charge in [0, 0.05) is 12.5 Å². The molecule has 1 saturated heterocycles. The van der Waals surface area contributed by atoms with Gasteiger partial charge in [0.05, 0.1) is 31.1 Å². The molecule has 3 aromatic carbocycles. The molecular formula is C24H26N3O3S+. The summed E-state index contributed by atoms with van der Waals surface area (Å²) in [6.07, 6.45) is 0. The first-order valence-corrected chi connectivity index (χ1v) is 12.1. The van der Waals surface area contributed by atoms with Gasteiger partial charge in [0.1, 0.15) is 12.1 Å². The minimum atomic E-state index is -3.68. The second kappa shape index (κ2) is 7.75. The van der Waals surface area contributed by atoms with E-state index in [4.69, 9.17) is 0 Å². The second-order valence-electron chi connectivity index (χ2n) is 8.35. The SMILES string of the molecule is CC(=O)N1CC[NH+]([C@H]2c3cccc4cccc(c34)[C@@H]2NS(=O)(=O)c2ccccc2)CC1. The number of sulfonamides is 1. The topological polar surface area (TPSA) is 70.9 Å². The lowest BCUT2D eigenvalue weighted by Crippen LogP contribution is -3.15. The first-order chi connectivity index (χ1) is 15.0. The molecule has 1 heterocycles. The number of quaternary nitrogens is 1. The van der Waals surface area contributed by atoms with Gasteiger partial charge in [-0.2, -0.15) is 4.72 Å². The fourth-order valence-corrected chi connectivity index (χ4v) is 6.37. The Morgan fingerprint density at radius 1 is 0.935 bits per heavy atom. The number of rotatable bonds is 4. The first-order valence-electron chi connectivity index (χ1n) is 10.6. The molecule has 0 spiro atoms. The Kier molecular flexibility index (Phi) is 5.04. The van der Waals surface area contributed by atoms with Crippen LogP contribution >= 0.6 is 0 Å². The predicted molar refractivity (Wildman–Crippen MR) is 119 cm³/mol. The zero-order chi connectivity index (χ0) is 21.6. The monoisotopic (exact) mass is 436 g/mol. The summed E-state index contributed by atoms with van der Waals surface area (Å²) in [7, 11) is -3.68. The second-order valence-corrected chi connectivity index (χ2v) is 10.1. The number of hydrogen-bond acceptors (Lipinski definition) is 3. The standard InChI is InChI=1S/C24H25N3O3S/c1-17(28)26-13-15-27(16-14-26)24-21-12-6-8-18-7-5-11-20(22(18)21)23(24)25-31(29,30)19-9-3-2-4-10-19/h2-12,23-25H,13-16H2,1H3/p+1/t23-,24-/m0/s1. The molecule has 2 N–H and O–H groups in total. The fourth-order valence-electron chi connectivity index (χ4n) is 5.12. The number of amides is 1. The first kappa shape index (κ1) is 20.2. The van der Waals surface area contributed by atoms with Crippen molar-refractivity contribution in [1.29, 1.82) is 0 Å². The number of benzene rings is 3. The highest BCUT2D eigenvalue weighted by molar-refractivity contribution is 7.89. The number of carbonyl (C=O) groups excluding carboxylic acids is 1. The molecule has 7 heteroatoms. The van der Waals surface area contributed by atoms with Crippen molar-refractivity contribution in [3.63, 3.8) is 0 Å². The highest BCUT2D eigenvalue weighted by atomic mass is 32.2. The molecule has 0 unspecified atom stereocenters. The van der Waals surface area contributed by atoms with Crippen molar-refractivity contribution in [2.75, 3.05) is 26.2 Å². The van der Waals surface area contributed by atoms with Gasteiger partial charge in [-0.25, -0.2) is 8.42 Å². The minimum Gasteiger partial charge on any atom is -0.332 e. The van der Waals surface area contributed by atoms with Gasteiger partial charge >= 0.3 is 0 Å². The predicted octanol–water partition coefficient (Wildman–Crippen LogP) is 1.66. The highest BCUT2D eigenvalue weighted by Crippen LogP contribution is 2.43. The molecule has 1 amide bonds. The van der Waals surface area contributed by atoms with E-state index in [1.165, 1.54) is 10.5 Å². The lowest BCUT2D eigenvalue weighted by molar-refractivity contribution is -0.937. The molecule has 0 bridgehead atoms. The average molecular weight is 437 g/mol. The summed E-state index contributed by atoms with van der Waals surface area (Å²) in [5.74, 6) is 0.0946. The van der Waals surface area contributed by atoms with Gasteiger partial charge in [0.2, 0.25) is 15.9 Å². The average Bonchev–Trinajstić information content (AvgIpc) is 3.09. The van der Waals surface area contributed by atoms with Crippen LogP contribution in [-0.2, 0) is 14.8 Å². The van der Waals surface area contributed by atoms with Crippen LogP contribution in [0.1, 0.15) is 30.1 Å². The molecule has 2 atom stereocenters. The van der Waals surface area contributed by atoms with E-state index in [1.54, 1.807) is 31.2 Å². The van der Waals surface area contributed by atoms with Crippen molar-refractivity contribution < 1.29 is 18.1 Å². The highest BCUT2D eigenvalue weighted by Gasteiger charge is 2.44. The molecule has 1 aliphatic carbocycles. The van der Waals surface area contributed by atoms with E-state index in [1.807, 2.05) is 29.2 Å². The summed E-state index contributed by atoms with van der Waals surface area (Å²) in [6.45, 7) is 4.56. The lowest BCUT2D eigenvalue weighted by atomic mass is 10.0. The zero-order valence-electron chi connectivity index (χ0n) is 17.4. The van der Waals surface area contributed by atoms with Crippen molar-refractivity contribution in [3.8, 4) is 0 Å². The third kappa shape index (κ3) is 3.52. The van der Waals surface area contributed by atoms with E-state index in [-0.39, 0.29) is 22.9 Å². The summed E-state index contributed by atoms with van der Waals surface area (Å²) >= 11 is 0. The van der Waals surface area contributed by atoms with Gasteiger partial charge in [-0.1, -0.05) is 54.6 Å². The van der Waals surface area contributed by atoms with E-state index in [9.17, 15) is 13.2 Å². The van der Waals surface area contributed by atoms with E-state index < -0.39 is 10.0 Å². The van der Waals surface area contributed by atoms with Crippen molar-refractivity contribution >= 4 is 26.7 Å². The minimum absolute atomic E-state index is 0.0336. The summed E-state index contributed by atoms with van der Waals surface area (Å²) in [6, 6.07) is 20.5. The maximum absolute atomic E-state index is 13.3. The Bertz CT molecular complexity index is 1230. The third-order valence-electron chi connectivity index (χ3n) is 6.60. The number of hydrogen-bond donors (Lipinski definition) is 2. The van der Waals surface area contributed by atoms with E-state index in [0.29, 0.717) is 13.1 Å². The quantitative estimate of drug-likeness (QED) is 0.654. The Balaban J connectivity index is 1.55. The Hall–Kier alpha value is -2.74. The van der Waals surface area contributed by atoms with Gasteiger partial charge in [-0.3, -0.25) is 4.79 Å². The molecule has 2 aliphatic rings. The third-order valence-corrected chi connectivity index (χ3v) is 8.06. The number of carbonyl (C=O) groups is 1. The summed E-state index contributed by atoms with van der Waals surface area (Å²) in [5, 5.41) is 2.28. The molecule has 0 radical (unpaired) electrons. The molecule has 0 saturated carbocycles. The molecular weight excluding hydrogens is 410 g/mol. The fraction of sp³-hybridized carbons (Fsp3) is 0.292. The molecule has 3 aromatic rings. The maximum Gasteiger partial charge on any atom is 0.241 e. The van der Waals surface area contributed by atoms with E-state index in [2.05, 4.69) is 22.9 Å². The van der Waals surface area contributed by atoms with E-state index in [0.717, 1.165) is 29.4 Å².